The summed E-state index contributed by atoms with van der Waals surface area (Å²) in [6.45, 7) is 1.84. The number of aryl methyl sites for hydroxylation is 2. The van der Waals surface area contributed by atoms with E-state index in [4.69, 9.17) is 9.88 Å². The Balaban J connectivity index is 2.38. The molecule has 0 radical (unpaired) electrons. The molecule has 0 atom stereocenters. The first-order valence-corrected chi connectivity index (χ1v) is 7.91. The van der Waals surface area contributed by atoms with Gasteiger partial charge in [0.25, 0.3) is 0 Å². The number of nitrogens with zero attached hydrogens (tertiary/aromatic N) is 3. The average Bonchev–Trinajstić information content (AvgIpc) is 2.72. The van der Waals surface area contributed by atoms with Gasteiger partial charge in [-0.05, 0) is 24.6 Å². The van der Waals surface area contributed by atoms with Gasteiger partial charge in [0.2, 0.25) is 10.0 Å². The Hall–Kier alpha value is -1.45. The molecule has 0 saturated carbocycles. The fourth-order valence-corrected chi connectivity index (χ4v) is 3.16. The van der Waals surface area contributed by atoms with Crippen LogP contribution >= 0.6 is 15.9 Å². The van der Waals surface area contributed by atoms with Crippen LogP contribution in [0.3, 0.4) is 0 Å². The highest BCUT2D eigenvalue weighted by atomic mass is 79.9. The van der Waals surface area contributed by atoms with E-state index in [1.165, 1.54) is 12.4 Å². The molecule has 20 heavy (non-hydrogen) atoms. The maximum absolute atomic E-state index is 11.6. The molecule has 0 fully saturated rings. The minimum absolute atomic E-state index is 0.0634. The van der Waals surface area contributed by atoms with Crippen LogP contribution in [0.4, 0.5) is 0 Å². The zero-order chi connectivity index (χ0) is 14.9. The van der Waals surface area contributed by atoms with Gasteiger partial charge in [0.1, 0.15) is 23.6 Å². The molecule has 0 unspecified atom stereocenters. The lowest BCUT2D eigenvalue weighted by molar-refractivity contribution is 0.281. The molecule has 7 nitrogen and oxygen atoms in total. The molecule has 0 aliphatic heterocycles. The van der Waals surface area contributed by atoms with Crippen LogP contribution in [0.5, 0.6) is 5.75 Å². The van der Waals surface area contributed by atoms with Crippen molar-refractivity contribution in [3.63, 3.8) is 0 Å². The van der Waals surface area contributed by atoms with Crippen molar-refractivity contribution in [1.82, 2.24) is 14.8 Å². The Bertz CT molecular complexity index is 742. The van der Waals surface area contributed by atoms with Crippen molar-refractivity contribution in [3.05, 3.63) is 34.3 Å². The molecule has 2 rings (SSSR count). The zero-order valence-corrected chi connectivity index (χ0v) is 13.3. The summed E-state index contributed by atoms with van der Waals surface area (Å²) in [4.78, 5) is -0.0634. The largest absolute Gasteiger partial charge is 0.484 e. The maximum Gasteiger partial charge on any atom is 0.241 e. The number of sulfonamides is 1. The van der Waals surface area contributed by atoms with Gasteiger partial charge < -0.3 is 9.30 Å². The van der Waals surface area contributed by atoms with E-state index in [1.807, 2.05) is 0 Å². The fraction of sp³-hybridized carbons (Fsp3) is 0.273. The summed E-state index contributed by atoms with van der Waals surface area (Å²) in [5.74, 6) is 0.798. The molecule has 1 aromatic carbocycles. The lowest BCUT2D eigenvalue weighted by Crippen LogP contribution is -2.15. The molecular weight excluding hydrogens is 348 g/mol. The Morgan fingerprint density at radius 1 is 1.45 bits per heavy atom. The van der Waals surface area contributed by atoms with Crippen molar-refractivity contribution in [2.24, 2.45) is 12.2 Å². The van der Waals surface area contributed by atoms with Crippen LogP contribution in [0.2, 0.25) is 0 Å². The Morgan fingerprint density at radius 2 is 2.15 bits per heavy atom. The van der Waals surface area contributed by atoms with E-state index < -0.39 is 10.0 Å². The molecule has 0 saturated heterocycles. The van der Waals surface area contributed by atoms with Gasteiger partial charge in [-0.2, -0.15) is 0 Å². The van der Waals surface area contributed by atoms with Gasteiger partial charge in [-0.1, -0.05) is 15.9 Å². The topological polar surface area (TPSA) is 100 Å². The quantitative estimate of drug-likeness (QED) is 0.879. The lowest BCUT2D eigenvalue weighted by atomic mass is 10.2. The van der Waals surface area contributed by atoms with Crippen molar-refractivity contribution < 1.29 is 13.2 Å². The van der Waals surface area contributed by atoms with Crippen LogP contribution in [0.15, 0.2) is 27.8 Å². The fourth-order valence-electron chi connectivity index (χ4n) is 1.67. The summed E-state index contributed by atoms with van der Waals surface area (Å²) in [6.07, 6.45) is 1.54. The number of ether oxygens (including phenoxy) is 1. The molecule has 108 valence electrons. The van der Waals surface area contributed by atoms with Gasteiger partial charge in [-0.3, -0.25) is 0 Å². The van der Waals surface area contributed by atoms with Gasteiger partial charge >= 0.3 is 0 Å². The van der Waals surface area contributed by atoms with Crippen molar-refractivity contribution >= 4 is 26.0 Å². The van der Waals surface area contributed by atoms with Crippen molar-refractivity contribution in [2.45, 2.75) is 18.4 Å². The summed E-state index contributed by atoms with van der Waals surface area (Å²) in [5, 5.41) is 12.8. The number of nitrogens with two attached hydrogens (primary N) is 1. The molecule has 2 N–H and O–H groups in total. The maximum atomic E-state index is 11.6. The summed E-state index contributed by atoms with van der Waals surface area (Å²) < 4.78 is 31.1. The molecular formula is C11H13BrN4O3S. The molecule has 0 amide bonds. The Morgan fingerprint density at radius 3 is 2.70 bits per heavy atom. The first kappa shape index (κ1) is 14.9. The van der Waals surface area contributed by atoms with E-state index >= 15 is 0 Å². The SMILES string of the molecule is Cc1cc(Br)cc(S(N)(=O)=O)c1OCc1nncn1C. The molecule has 1 heterocycles. The second-order valence-corrected chi connectivity index (χ2v) is 6.69. The number of hydrogen-bond donors (Lipinski definition) is 1. The second-order valence-electron chi connectivity index (χ2n) is 4.24. The average molecular weight is 361 g/mol. The number of halogens is 1. The number of primary sulfonamides is 1. The zero-order valence-electron chi connectivity index (χ0n) is 10.9. The van der Waals surface area contributed by atoms with E-state index in [-0.39, 0.29) is 17.3 Å². The van der Waals surface area contributed by atoms with Crippen molar-refractivity contribution in [3.8, 4) is 5.75 Å². The van der Waals surface area contributed by atoms with Gasteiger partial charge in [0, 0.05) is 11.5 Å². The second kappa shape index (κ2) is 5.51. The first-order chi connectivity index (χ1) is 9.29. The molecule has 0 aliphatic carbocycles. The van der Waals surface area contributed by atoms with Crippen LogP contribution in [0.25, 0.3) is 0 Å². The molecule has 1 aromatic heterocycles. The van der Waals surface area contributed by atoms with Crippen LogP contribution in [-0.4, -0.2) is 23.2 Å². The third-order valence-electron chi connectivity index (χ3n) is 2.66. The van der Waals surface area contributed by atoms with Crippen LogP contribution in [-0.2, 0) is 23.7 Å². The van der Waals surface area contributed by atoms with E-state index in [9.17, 15) is 8.42 Å². The van der Waals surface area contributed by atoms with Gasteiger partial charge in [-0.15, -0.1) is 10.2 Å². The summed E-state index contributed by atoms with van der Waals surface area (Å²) >= 11 is 3.24. The normalized spacial score (nSPS) is 11.6. The molecule has 0 aliphatic rings. The number of rotatable bonds is 4. The van der Waals surface area contributed by atoms with E-state index in [0.29, 0.717) is 15.9 Å². The lowest BCUT2D eigenvalue weighted by Gasteiger charge is -2.13. The molecule has 9 heteroatoms. The minimum Gasteiger partial charge on any atom is -0.484 e. The molecule has 0 spiro atoms. The van der Waals surface area contributed by atoms with Crippen molar-refractivity contribution in [1.29, 1.82) is 0 Å². The highest BCUT2D eigenvalue weighted by Crippen LogP contribution is 2.31. The third kappa shape index (κ3) is 3.17. The van der Waals surface area contributed by atoms with Crippen LogP contribution in [0, 0.1) is 6.92 Å². The Kier molecular flexibility index (Phi) is 4.11. The van der Waals surface area contributed by atoms with Crippen molar-refractivity contribution in [2.75, 3.05) is 0 Å². The van der Waals surface area contributed by atoms with E-state index in [0.717, 1.165) is 0 Å². The summed E-state index contributed by atoms with van der Waals surface area (Å²) in [6, 6.07) is 3.16. The first-order valence-electron chi connectivity index (χ1n) is 5.57. The van der Waals surface area contributed by atoms with Gasteiger partial charge in [-0.25, -0.2) is 13.6 Å². The minimum atomic E-state index is -3.88. The standard InChI is InChI=1S/C11H13BrN4O3S/c1-7-3-8(12)4-9(20(13,17)18)11(7)19-5-10-15-14-6-16(10)2/h3-4,6H,5H2,1-2H3,(H2,13,17,18). The third-order valence-corrected chi connectivity index (χ3v) is 4.04. The Labute approximate surface area is 124 Å². The van der Waals surface area contributed by atoms with E-state index in [2.05, 4.69) is 26.1 Å². The van der Waals surface area contributed by atoms with Gasteiger partial charge in [0.05, 0.1) is 0 Å². The highest BCUT2D eigenvalue weighted by Gasteiger charge is 2.19. The van der Waals surface area contributed by atoms with Crippen LogP contribution < -0.4 is 9.88 Å². The predicted molar refractivity (Wildman–Crippen MR) is 75.6 cm³/mol. The molecule has 0 bridgehead atoms. The molecule has 2 aromatic rings. The predicted octanol–water partition coefficient (Wildman–Crippen LogP) is 1.11. The monoisotopic (exact) mass is 360 g/mol. The number of aromatic nitrogens is 3. The number of hydrogen-bond acceptors (Lipinski definition) is 5. The summed E-state index contributed by atoms with van der Waals surface area (Å²) in [5.41, 5.74) is 0.658. The van der Waals surface area contributed by atoms with E-state index in [1.54, 1.807) is 24.6 Å². The highest BCUT2D eigenvalue weighted by molar-refractivity contribution is 9.10. The van der Waals surface area contributed by atoms with Crippen LogP contribution in [0.1, 0.15) is 11.4 Å². The smallest absolute Gasteiger partial charge is 0.241 e. The summed E-state index contributed by atoms with van der Waals surface area (Å²) in [7, 11) is -2.11. The van der Waals surface area contributed by atoms with Gasteiger partial charge in [0.15, 0.2) is 5.82 Å². The number of benzene rings is 1.